The van der Waals surface area contributed by atoms with Crippen LogP contribution in [0.5, 0.6) is 0 Å². The van der Waals surface area contributed by atoms with Gasteiger partial charge in [0.2, 0.25) is 0 Å². The second kappa shape index (κ2) is 6.67. The summed E-state index contributed by atoms with van der Waals surface area (Å²) in [6.45, 7) is 11.6. The van der Waals surface area contributed by atoms with E-state index in [1.54, 1.807) is 10.4 Å². The van der Waals surface area contributed by atoms with Gasteiger partial charge in [0.05, 0.1) is 8.07 Å². The molecule has 21 heavy (non-hydrogen) atoms. The highest BCUT2D eigenvalue weighted by Crippen LogP contribution is 2.09. The first-order chi connectivity index (χ1) is 9.84. The lowest BCUT2D eigenvalue weighted by Gasteiger charge is -2.16. The molecule has 0 nitrogen and oxygen atoms in total. The summed E-state index contributed by atoms with van der Waals surface area (Å²) in [7, 11) is -0.833. The van der Waals surface area contributed by atoms with Gasteiger partial charge in [-0.3, -0.25) is 0 Å². The van der Waals surface area contributed by atoms with Crippen molar-refractivity contribution in [3.8, 4) is 0 Å². The summed E-state index contributed by atoms with van der Waals surface area (Å²) in [5.41, 5.74) is 2.82. The summed E-state index contributed by atoms with van der Waals surface area (Å²) < 4.78 is 0. The average Bonchev–Trinajstić information content (AvgIpc) is 2.40. The number of rotatable bonds is 4. The maximum absolute atomic E-state index is 2.40. The van der Waals surface area contributed by atoms with E-state index in [0.29, 0.717) is 9.13 Å². The molecule has 2 aromatic carbocycles. The van der Waals surface area contributed by atoms with Crippen molar-refractivity contribution in [2.45, 2.75) is 39.9 Å². The van der Waals surface area contributed by atoms with Gasteiger partial charge in [-0.2, -0.15) is 0 Å². The fourth-order valence-electron chi connectivity index (χ4n) is 2.42. The van der Waals surface area contributed by atoms with Crippen molar-refractivity contribution in [1.29, 1.82) is 0 Å². The minimum atomic E-state index is -1.17. The van der Waals surface area contributed by atoms with Gasteiger partial charge in [-0.15, -0.1) is 0 Å². The maximum Gasteiger partial charge on any atom is 0.0775 e. The molecule has 2 heteroatoms. The Balaban J connectivity index is 2.10. The lowest BCUT2D eigenvalue weighted by molar-refractivity contribution is 1.20. The Morgan fingerprint density at radius 1 is 0.810 bits per heavy atom. The Morgan fingerprint density at radius 2 is 1.29 bits per heavy atom. The normalized spacial score (nSPS) is 11.3. The topological polar surface area (TPSA) is 0 Å². The van der Waals surface area contributed by atoms with E-state index in [2.05, 4.69) is 82.0 Å². The molecule has 0 heterocycles. The summed E-state index contributed by atoms with van der Waals surface area (Å²) in [5.74, 6) is 0. The molecule has 0 N–H and O–H groups in total. The van der Waals surface area contributed by atoms with Gasteiger partial charge in [-0.25, -0.2) is 0 Å². The molecule has 2 aromatic rings. The minimum absolute atomic E-state index is 0.338. The fourth-order valence-corrected chi connectivity index (χ4v) is 4.64. The van der Waals surface area contributed by atoms with Crippen molar-refractivity contribution in [2.75, 3.05) is 0 Å². The second-order valence-electron chi connectivity index (χ2n) is 7.09. The Labute approximate surface area is 132 Å². The molecular formula is C19H26Si2. The van der Waals surface area contributed by atoms with Crippen molar-refractivity contribution in [3.05, 3.63) is 59.7 Å². The minimum Gasteiger partial charge on any atom is -0.0939 e. The van der Waals surface area contributed by atoms with E-state index in [1.807, 2.05) is 0 Å². The van der Waals surface area contributed by atoms with Crippen molar-refractivity contribution >= 4 is 32.7 Å². The molecule has 0 radical (unpaired) electrons. The third-order valence-electron chi connectivity index (χ3n) is 3.66. The molecule has 2 rings (SSSR count). The predicted molar refractivity (Wildman–Crippen MR) is 102 cm³/mol. The predicted octanol–water partition coefficient (Wildman–Crippen LogP) is 3.10. The van der Waals surface area contributed by atoms with Crippen LogP contribution in [0.4, 0.5) is 0 Å². The highest BCUT2D eigenvalue weighted by Gasteiger charge is 2.15. The van der Waals surface area contributed by atoms with Gasteiger partial charge in [-0.05, 0) is 36.6 Å². The third-order valence-corrected chi connectivity index (χ3v) is 7.02. The molecule has 0 amide bonds. The van der Waals surface area contributed by atoms with Gasteiger partial charge in [0.25, 0.3) is 0 Å². The smallest absolute Gasteiger partial charge is 0.0775 e. The van der Waals surface area contributed by atoms with E-state index < -0.39 is 8.07 Å². The molecule has 110 valence electrons. The van der Waals surface area contributed by atoms with Gasteiger partial charge in [0.15, 0.2) is 0 Å². The van der Waals surface area contributed by atoms with Crippen LogP contribution in [0.3, 0.4) is 0 Å². The molecule has 0 aliphatic rings. The SMILES string of the molecule is CC(C)=[SiH]c1ccc(Cc2ccc([Si](C)(C)C)cc2)cc1. The summed E-state index contributed by atoms with van der Waals surface area (Å²) in [4.78, 5) is 0. The Bertz CT molecular complexity index is 610. The molecule has 0 aliphatic carbocycles. The molecule has 0 spiro atoms. The highest BCUT2D eigenvalue weighted by atomic mass is 28.3. The molecule has 0 aromatic heterocycles. The largest absolute Gasteiger partial charge is 0.0939 e. The first kappa shape index (κ1) is 16.1. The monoisotopic (exact) mass is 310 g/mol. The van der Waals surface area contributed by atoms with Gasteiger partial charge in [-0.1, -0.05) is 78.5 Å². The van der Waals surface area contributed by atoms with Crippen molar-refractivity contribution in [1.82, 2.24) is 0 Å². The zero-order valence-electron chi connectivity index (χ0n) is 13.9. The van der Waals surface area contributed by atoms with Gasteiger partial charge >= 0.3 is 0 Å². The van der Waals surface area contributed by atoms with Crippen molar-refractivity contribution in [2.24, 2.45) is 0 Å². The van der Waals surface area contributed by atoms with Crippen molar-refractivity contribution in [3.63, 3.8) is 0 Å². The van der Waals surface area contributed by atoms with Crippen LogP contribution >= 0.6 is 0 Å². The lowest BCUT2D eigenvalue weighted by Crippen LogP contribution is -2.37. The summed E-state index contributed by atoms with van der Waals surface area (Å²) in [5, 5.41) is 4.58. The molecule has 0 bridgehead atoms. The first-order valence-corrected chi connectivity index (χ1v) is 12.3. The van der Waals surface area contributed by atoms with Crippen LogP contribution in [0.1, 0.15) is 25.0 Å². The Kier molecular flexibility index (Phi) is 5.12. The first-order valence-electron chi connectivity index (χ1n) is 7.68. The summed E-state index contributed by atoms with van der Waals surface area (Å²) in [6.07, 6.45) is 1.04. The Hall–Kier alpha value is -1.26. The molecule has 0 fully saturated rings. The summed E-state index contributed by atoms with van der Waals surface area (Å²) >= 11 is 0. The third kappa shape index (κ3) is 4.90. The van der Waals surface area contributed by atoms with Crippen molar-refractivity contribution < 1.29 is 0 Å². The van der Waals surface area contributed by atoms with Gasteiger partial charge < -0.3 is 0 Å². The molecule has 0 atom stereocenters. The molecular weight excluding hydrogens is 284 g/mol. The highest BCUT2D eigenvalue weighted by molar-refractivity contribution is 6.88. The standard InChI is InChI=1S/C19H26Si2/c1-15(2)20-18-10-6-16(7-11-18)14-17-8-12-19(13-9-17)21(3,4)5/h6-13,20H,14H2,1-5H3. The number of benzene rings is 2. The molecule has 0 saturated heterocycles. The van der Waals surface area contributed by atoms with Crippen LogP contribution < -0.4 is 10.4 Å². The van der Waals surface area contributed by atoms with Crippen LogP contribution in [-0.2, 0) is 6.42 Å². The zero-order valence-corrected chi connectivity index (χ0v) is 16.1. The fraction of sp³-hybridized carbons (Fsp3) is 0.316. The number of hydrogen-bond acceptors (Lipinski definition) is 0. The summed E-state index contributed by atoms with van der Waals surface area (Å²) in [6, 6.07) is 18.4. The van der Waals surface area contributed by atoms with E-state index in [-0.39, 0.29) is 0 Å². The van der Waals surface area contributed by atoms with Crippen LogP contribution in [0.2, 0.25) is 19.6 Å². The average molecular weight is 311 g/mol. The van der Waals surface area contributed by atoms with E-state index in [0.717, 1.165) is 6.42 Å². The van der Waals surface area contributed by atoms with E-state index >= 15 is 0 Å². The molecule has 0 aliphatic heterocycles. The van der Waals surface area contributed by atoms with E-state index in [4.69, 9.17) is 0 Å². The lowest BCUT2D eigenvalue weighted by atomic mass is 10.1. The number of hydrogen-bond donors (Lipinski definition) is 0. The van der Waals surface area contributed by atoms with Crippen LogP contribution in [-0.4, -0.2) is 22.4 Å². The molecule has 0 unspecified atom stereocenters. The zero-order chi connectivity index (χ0) is 15.5. The maximum atomic E-state index is 2.40. The van der Waals surface area contributed by atoms with E-state index in [1.165, 1.54) is 16.3 Å². The van der Waals surface area contributed by atoms with E-state index in [9.17, 15) is 0 Å². The molecule has 0 saturated carbocycles. The second-order valence-corrected chi connectivity index (χ2v) is 14.3. The van der Waals surface area contributed by atoms with Crippen LogP contribution in [0, 0.1) is 0 Å². The van der Waals surface area contributed by atoms with Crippen LogP contribution in [0.15, 0.2) is 48.5 Å². The van der Waals surface area contributed by atoms with Gasteiger partial charge in [0, 0.05) is 9.13 Å². The Morgan fingerprint density at radius 3 is 1.71 bits per heavy atom. The quantitative estimate of drug-likeness (QED) is 0.761. The van der Waals surface area contributed by atoms with Crippen LogP contribution in [0.25, 0.3) is 0 Å². The van der Waals surface area contributed by atoms with Gasteiger partial charge in [0.1, 0.15) is 0 Å².